The lowest BCUT2D eigenvalue weighted by molar-refractivity contribution is 0.243. The monoisotopic (exact) mass is 235 g/mol. The summed E-state index contributed by atoms with van der Waals surface area (Å²) in [5.74, 6) is 0.649. The Morgan fingerprint density at radius 2 is 2.00 bits per heavy atom. The lowest BCUT2D eigenvalue weighted by Gasteiger charge is -2.36. The third kappa shape index (κ3) is 3.06. The second-order valence-corrected chi connectivity index (χ2v) is 5.79. The van der Waals surface area contributed by atoms with Crippen molar-refractivity contribution in [2.75, 3.05) is 0 Å². The van der Waals surface area contributed by atoms with Crippen LogP contribution in [0.3, 0.4) is 0 Å². The molecular formula is C15H22FN. The largest absolute Gasteiger partial charge is 0.325 e. The van der Waals surface area contributed by atoms with Crippen molar-refractivity contribution < 1.29 is 4.39 Å². The van der Waals surface area contributed by atoms with Crippen LogP contribution in [0.4, 0.5) is 4.39 Å². The summed E-state index contributed by atoms with van der Waals surface area (Å²) in [7, 11) is 0. The number of hydrogen-bond acceptors (Lipinski definition) is 1. The molecule has 2 N–H and O–H groups in total. The Bertz CT molecular complexity index is 392. The van der Waals surface area contributed by atoms with Crippen molar-refractivity contribution in [1.29, 1.82) is 0 Å². The Morgan fingerprint density at radius 3 is 2.59 bits per heavy atom. The Kier molecular flexibility index (Phi) is 3.53. The smallest absolute Gasteiger partial charge is 0.123 e. The minimum atomic E-state index is -0.158. The Balaban J connectivity index is 2.09. The van der Waals surface area contributed by atoms with Crippen molar-refractivity contribution in [3.63, 3.8) is 0 Å². The van der Waals surface area contributed by atoms with E-state index in [4.69, 9.17) is 5.73 Å². The molecule has 1 saturated carbocycles. The molecule has 0 atom stereocenters. The summed E-state index contributed by atoms with van der Waals surface area (Å²) in [5, 5.41) is 0. The van der Waals surface area contributed by atoms with Crippen LogP contribution >= 0.6 is 0 Å². The van der Waals surface area contributed by atoms with Crippen LogP contribution in [0.25, 0.3) is 0 Å². The molecule has 0 aromatic heterocycles. The number of aryl methyl sites for hydroxylation is 1. The molecule has 2 rings (SSSR count). The molecule has 1 fully saturated rings. The lowest BCUT2D eigenvalue weighted by Crippen LogP contribution is -2.45. The Hall–Kier alpha value is -0.890. The van der Waals surface area contributed by atoms with E-state index in [1.165, 1.54) is 24.5 Å². The quantitative estimate of drug-likeness (QED) is 0.833. The summed E-state index contributed by atoms with van der Waals surface area (Å²) in [6, 6.07) is 5.03. The van der Waals surface area contributed by atoms with Crippen molar-refractivity contribution >= 4 is 0 Å². The molecule has 0 aliphatic heterocycles. The van der Waals surface area contributed by atoms with Crippen molar-refractivity contribution in [3.8, 4) is 0 Å². The zero-order chi connectivity index (χ0) is 12.5. The fourth-order valence-electron chi connectivity index (χ4n) is 2.75. The van der Waals surface area contributed by atoms with Gasteiger partial charge in [-0.3, -0.25) is 0 Å². The normalized spacial score (nSPS) is 29.3. The third-order valence-electron chi connectivity index (χ3n) is 4.12. The van der Waals surface area contributed by atoms with Crippen LogP contribution in [-0.2, 0) is 6.42 Å². The topological polar surface area (TPSA) is 26.0 Å². The van der Waals surface area contributed by atoms with Crippen LogP contribution < -0.4 is 5.73 Å². The maximum absolute atomic E-state index is 13.0. The van der Waals surface area contributed by atoms with E-state index in [0.717, 1.165) is 30.7 Å². The van der Waals surface area contributed by atoms with Crippen LogP contribution in [0.5, 0.6) is 0 Å². The molecule has 2 heteroatoms. The number of halogens is 1. The van der Waals surface area contributed by atoms with E-state index >= 15 is 0 Å². The second kappa shape index (κ2) is 4.77. The van der Waals surface area contributed by atoms with Gasteiger partial charge >= 0.3 is 0 Å². The van der Waals surface area contributed by atoms with Crippen LogP contribution in [0, 0.1) is 18.7 Å². The summed E-state index contributed by atoms with van der Waals surface area (Å²) in [5.41, 5.74) is 8.61. The van der Waals surface area contributed by atoms with Gasteiger partial charge in [-0.1, -0.05) is 13.0 Å². The highest BCUT2D eigenvalue weighted by molar-refractivity contribution is 5.28. The predicted octanol–water partition coefficient (Wildman–Crippen LogP) is 3.58. The Labute approximate surface area is 103 Å². The number of nitrogens with two attached hydrogens (primary N) is 1. The van der Waals surface area contributed by atoms with Gasteiger partial charge in [0.05, 0.1) is 0 Å². The van der Waals surface area contributed by atoms with E-state index in [1.54, 1.807) is 6.07 Å². The van der Waals surface area contributed by atoms with E-state index in [9.17, 15) is 4.39 Å². The van der Waals surface area contributed by atoms with E-state index in [1.807, 2.05) is 13.0 Å². The Morgan fingerprint density at radius 1 is 1.35 bits per heavy atom. The lowest BCUT2D eigenvalue weighted by atomic mass is 9.74. The number of rotatable bonds is 2. The van der Waals surface area contributed by atoms with Crippen molar-refractivity contribution in [3.05, 3.63) is 35.1 Å². The zero-order valence-corrected chi connectivity index (χ0v) is 10.8. The molecule has 1 aliphatic rings. The van der Waals surface area contributed by atoms with Gasteiger partial charge in [-0.25, -0.2) is 4.39 Å². The van der Waals surface area contributed by atoms with Gasteiger partial charge in [0.15, 0.2) is 0 Å². The van der Waals surface area contributed by atoms with Crippen LogP contribution in [0.2, 0.25) is 0 Å². The summed E-state index contributed by atoms with van der Waals surface area (Å²) in [4.78, 5) is 0. The maximum atomic E-state index is 13.0. The van der Waals surface area contributed by atoms with E-state index in [-0.39, 0.29) is 11.4 Å². The summed E-state index contributed by atoms with van der Waals surface area (Å²) in [6.45, 7) is 4.26. The van der Waals surface area contributed by atoms with Gasteiger partial charge in [0.2, 0.25) is 0 Å². The fraction of sp³-hybridized carbons (Fsp3) is 0.600. The van der Waals surface area contributed by atoms with Crippen molar-refractivity contribution in [1.82, 2.24) is 0 Å². The molecule has 1 aromatic carbocycles. The fourth-order valence-corrected chi connectivity index (χ4v) is 2.75. The van der Waals surface area contributed by atoms with E-state index in [2.05, 4.69) is 6.92 Å². The zero-order valence-electron chi connectivity index (χ0n) is 10.8. The minimum Gasteiger partial charge on any atom is -0.325 e. The molecule has 0 spiro atoms. The molecular weight excluding hydrogens is 213 g/mol. The first-order valence-electron chi connectivity index (χ1n) is 6.52. The van der Waals surface area contributed by atoms with Gasteiger partial charge in [-0.2, -0.15) is 0 Å². The van der Waals surface area contributed by atoms with Gasteiger partial charge in [-0.05, 0) is 68.2 Å². The minimum absolute atomic E-state index is 0.0743. The van der Waals surface area contributed by atoms with Gasteiger partial charge in [0.25, 0.3) is 0 Å². The average molecular weight is 235 g/mol. The molecule has 94 valence electrons. The molecule has 1 nitrogen and oxygen atoms in total. The van der Waals surface area contributed by atoms with Crippen LogP contribution in [-0.4, -0.2) is 5.54 Å². The summed E-state index contributed by atoms with van der Waals surface area (Å²) >= 11 is 0. The molecule has 0 radical (unpaired) electrons. The van der Waals surface area contributed by atoms with Crippen LogP contribution in [0.1, 0.15) is 43.7 Å². The van der Waals surface area contributed by atoms with Gasteiger partial charge in [-0.15, -0.1) is 0 Å². The third-order valence-corrected chi connectivity index (χ3v) is 4.12. The molecule has 1 aromatic rings. The van der Waals surface area contributed by atoms with Gasteiger partial charge < -0.3 is 5.73 Å². The molecule has 17 heavy (non-hydrogen) atoms. The number of hydrogen-bond donors (Lipinski definition) is 1. The molecule has 0 heterocycles. The molecule has 0 unspecified atom stereocenters. The first-order valence-corrected chi connectivity index (χ1v) is 6.52. The first-order chi connectivity index (χ1) is 7.98. The second-order valence-electron chi connectivity index (χ2n) is 5.79. The standard InChI is InChI=1S/C15H22FN/c1-11-5-7-15(17,8-6-11)10-13-3-4-14(16)9-12(13)2/h3-4,9,11H,5-8,10,17H2,1-2H3. The van der Waals surface area contributed by atoms with Crippen molar-refractivity contribution in [2.45, 2.75) is 51.5 Å². The SMILES string of the molecule is Cc1cc(F)ccc1CC1(N)CCC(C)CC1. The van der Waals surface area contributed by atoms with Crippen LogP contribution in [0.15, 0.2) is 18.2 Å². The molecule has 1 aliphatic carbocycles. The summed E-state index contributed by atoms with van der Waals surface area (Å²) in [6.07, 6.45) is 5.50. The first kappa shape index (κ1) is 12.6. The van der Waals surface area contributed by atoms with E-state index < -0.39 is 0 Å². The van der Waals surface area contributed by atoms with Crippen molar-refractivity contribution in [2.24, 2.45) is 11.7 Å². The number of benzene rings is 1. The van der Waals surface area contributed by atoms with Gasteiger partial charge in [0.1, 0.15) is 5.82 Å². The molecule has 0 bridgehead atoms. The maximum Gasteiger partial charge on any atom is 0.123 e. The van der Waals surface area contributed by atoms with Gasteiger partial charge in [0, 0.05) is 5.54 Å². The average Bonchev–Trinajstić information content (AvgIpc) is 2.27. The highest BCUT2D eigenvalue weighted by Gasteiger charge is 2.30. The molecule has 0 amide bonds. The highest BCUT2D eigenvalue weighted by atomic mass is 19.1. The predicted molar refractivity (Wildman–Crippen MR) is 69.4 cm³/mol. The molecule has 0 saturated heterocycles. The summed E-state index contributed by atoms with van der Waals surface area (Å²) < 4.78 is 13.0. The highest BCUT2D eigenvalue weighted by Crippen LogP contribution is 2.33. The van der Waals surface area contributed by atoms with E-state index in [0.29, 0.717) is 0 Å².